The summed E-state index contributed by atoms with van der Waals surface area (Å²) in [7, 11) is 0. The molecular weight excluding hydrogens is 253 g/mol. The molecule has 0 saturated heterocycles. The Bertz CT molecular complexity index is 709. The maximum absolute atomic E-state index is 13.8. The van der Waals surface area contributed by atoms with Crippen molar-refractivity contribution >= 4 is 0 Å². The number of nitrogens with two attached hydrogens (primary N) is 1. The minimum atomic E-state index is -0.480. The Kier molecular flexibility index (Phi) is 3.07. The molecule has 1 aromatic heterocycles. The van der Waals surface area contributed by atoms with Crippen molar-refractivity contribution in [3.8, 4) is 11.8 Å². The van der Waals surface area contributed by atoms with E-state index in [2.05, 4.69) is 6.07 Å². The number of nitriles is 1. The number of benzene rings is 1. The van der Waals surface area contributed by atoms with Gasteiger partial charge in [-0.3, -0.25) is 0 Å². The predicted molar refractivity (Wildman–Crippen MR) is 75.0 cm³/mol. The number of fused-ring (bicyclic) bond motifs is 1. The maximum atomic E-state index is 13.8. The lowest BCUT2D eigenvalue weighted by atomic mass is 9.93. The smallest absolute Gasteiger partial charge is 0.143 e. The van der Waals surface area contributed by atoms with E-state index in [1.807, 2.05) is 17.6 Å². The van der Waals surface area contributed by atoms with Crippen LogP contribution in [0, 0.1) is 24.1 Å². The molecule has 1 aliphatic carbocycles. The fourth-order valence-electron chi connectivity index (χ4n) is 3.08. The van der Waals surface area contributed by atoms with Gasteiger partial charge in [-0.25, -0.2) is 4.39 Å². The van der Waals surface area contributed by atoms with E-state index in [-0.39, 0.29) is 11.6 Å². The quantitative estimate of drug-likeness (QED) is 0.864. The number of aryl methyl sites for hydroxylation is 1. The van der Waals surface area contributed by atoms with Gasteiger partial charge in [0.1, 0.15) is 17.4 Å². The van der Waals surface area contributed by atoms with Gasteiger partial charge >= 0.3 is 0 Å². The SMILES string of the molecule is Cc1cc2c(n1-c1cccc(F)c1C#N)CCCC2N. The molecule has 1 unspecified atom stereocenters. The molecule has 1 atom stereocenters. The minimum Gasteiger partial charge on any atom is -0.324 e. The van der Waals surface area contributed by atoms with Crippen molar-refractivity contribution in [2.75, 3.05) is 0 Å². The molecule has 0 spiro atoms. The van der Waals surface area contributed by atoms with E-state index >= 15 is 0 Å². The summed E-state index contributed by atoms with van der Waals surface area (Å²) < 4.78 is 15.8. The van der Waals surface area contributed by atoms with Gasteiger partial charge in [0.15, 0.2) is 0 Å². The van der Waals surface area contributed by atoms with E-state index in [4.69, 9.17) is 5.73 Å². The maximum Gasteiger partial charge on any atom is 0.143 e. The van der Waals surface area contributed by atoms with E-state index in [1.165, 1.54) is 6.07 Å². The van der Waals surface area contributed by atoms with Crippen molar-refractivity contribution in [1.29, 1.82) is 5.26 Å². The third-order valence-corrected chi connectivity index (χ3v) is 3.99. The second kappa shape index (κ2) is 4.77. The van der Waals surface area contributed by atoms with Gasteiger partial charge in [-0.05, 0) is 49.9 Å². The monoisotopic (exact) mass is 269 g/mol. The Balaban J connectivity index is 2.27. The summed E-state index contributed by atoms with van der Waals surface area (Å²) in [5.74, 6) is -0.480. The Labute approximate surface area is 117 Å². The van der Waals surface area contributed by atoms with Gasteiger partial charge < -0.3 is 10.3 Å². The van der Waals surface area contributed by atoms with E-state index in [9.17, 15) is 9.65 Å². The van der Waals surface area contributed by atoms with Crippen LogP contribution >= 0.6 is 0 Å². The van der Waals surface area contributed by atoms with Crippen LogP contribution in [0.5, 0.6) is 0 Å². The summed E-state index contributed by atoms with van der Waals surface area (Å²) >= 11 is 0. The number of halogens is 1. The van der Waals surface area contributed by atoms with Crippen LogP contribution in [0.2, 0.25) is 0 Å². The first-order valence-corrected chi connectivity index (χ1v) is 6.79. The highest BCUT2D eigenvalue weighted by Crippen LogP contribution is 2.33. The zero-order valence-corrected chi connectivity index (χ0v) is 11.4. The molecule has 2 N–H and O–H groups in total. The van der Waals surface area contributed by atoms with Crippen molar-refractivity contribution in [2.24, 2.45) is 5.73 Å². The highest BCUT2D eigenvalue weighted by atomic mass is 19.1. The number of aromatic nitrogens is 1. The zero-order chi connectivity index (χ0) is 14.3. The molecule has 0 saturated carbocycles. The Morgan fingerprint density at radius 1 is 1.45 bits per heavy atom. The van der Waals surface area contributed by atoms with E-state index in [0.717, 1.165) is 36.2 Å². The minimum absolute atomic E-state index is 0.0396. The average Bonchev–Trinajstić information content (AvgIpc) is 2.76. The molecule has 0 aliphatic heterocycles. The third kappa shape index (κ3) is 1.83. The van der Waals surface area contributed by atoms with Gasteiger partial charge in [0, 0.05) is 17.4 Å². The van der Waals surface area contributed by atoms with Crippen LogP contribution in [0.1, 0.15) is 41.4 Å². The van der Waals surface area contributed by atoms with Crippen molar-refractivity contribution in [2.45, 2.75) is 32.2 Å². The molecule has 20 heavy (non-hydrogen) atoms. The van der Waals surface area contributed by atoms with Crippen molar-refractivity contribution in [3.05, 3.63) is 52.6 Å². The van der Waals surface area contributed by atoms with Gasteiger partial charge in [-0.1, -0.05) is 6.07 Å². The van der Waals surface area contributed by atoms with Crippen LogP contribution in [0.25, 0.3) is 5.69 Å². The van der Waals surface area contributed by atoms with Crippen LogP contribution in [0.4, 0.5) is 4.39 Å². The fraction of sp³-hybridized carbons (Fsp3) is 0.312. The summed E-state index contributed by atoms with van der Waals surface area (Å²) in [5.41, 5.74) is 10.1. The molecule has 0 radical (unpaired) electrons. The summed E-state index contributed by atoms with van der Waals surface area (Å²) in [6, 6.07) is 8.81. The second-order valence-electron chi connectivity index (χ2n) is 5.27. The van der Waals surface area contributed by atoms with Crippen LogP contribution in [-0.4, -0.2) is 4.57 Å². The lowest BCUT2D eigenvalue weighted by Crippen LogP contribution is -2.18. The third-order valence-electron chi connectivity index (χ3n) is 3.99. The van der Waals surface area contributed by atoms with Gasteiger partial charge in [0.05, 0.1) is 5.69 Å². The molecule has 4 heteroatoms. The van der Waals surface area contributed by atoms with E-state index in [0.29, 0.717) is 5.69 Å². The van der Waals surface area contributed by atoms with E-state index < -0.39 is 5.82 Å². The molecule has 3 nitrogen and oxygen atoms in total. The second-order valence-corrected chi connectivity index (χ2v) is 5.27. The number of nitrogens with zero attached hydrogens (tertiary/aromatic N) is 2. The first-order valence-electron chi connectivity index (χ1n) is 6.79. The standard InChI is InChI=1S/C16H16FN3/c1-10-8-11-14(19)5-3-7-15(11)20(10)16-6-2-4-13(17)12(16)9-18/h2,4,6,8,14H,3,5,7,19H2,1H3. The Morgan fingerprint density at radius 2 is 2.25 bits per heavy atom. The predicted octanol–water partition coefficient (Wildman–Crippen LogP) is 3.13. The molecule has 1 aromatic carbocycles. The molecule has 0 amide bonds. The Morgan fingerprint density at radius 3 is 3.00 bits per heavy atom. The van der Waals surface area contributed by atoms with Gasteiger partial charge in [-0.2, -0.15) is 5.26 Å². The van der Waals surface area contributed by atoms with Gasteiger partial charge in [0.2, 0.25) is 0 Å². The molecular formula is C16H16FN3. The first-order chi connectivity index (χ1) is 9.63. The number of hydrogen-bond donors (Lipinski definition) is 1. The summed E-state index contributed by atoms with van der Waals surface area (Å²) in [4.78, 5) is 0. The van der Waals surface area contributed by atoms with Crippen LogP contribution in [0.3, 0.4) is 0 Å². The van der Waals surface area contributed by atoms with Crippen LogP contribution < -0.4 is 5.73 Å². The summed E-state index contributed by atoms with van der Waals surface area (Å²) in [5, 5.41) is 9.22. The largest absolute Gasteiger partial charge is 0.324 e. The van der Waals surface area contributed by atoms with Crippen LogP contribution in [-0.2, 0) is 6.42 Å². The summed E-state index contributed by atoms with van der Waals surface area (Å²) in [6.45, 7) is 1.97. The highest BCUT2D eigenvalue weighted by molar-refractivity contribution is 5.53. The molecule has 1 aliphatic rings. The summed E-state index contributed by atoms with van der Waals surface area (Å²) in [6.07, 6.45) is 2.91. The van der Waals surface area contributed by atoms with Gasteiger partial charge in [-0.15, -0.1) is 0 Å². The fourth-order valence-corrected chi connectivity index (χ4v) is 3.08. The van der Waals surface area contributed by atoms with Crippen molar-refractivity contribution in [3.63, 3.8) is 0 Å². The van der Waals surface area contributed by atoms with Gasteiger partial charge in [0.25, 0.3) is 0 Å². The molecule has 0 fully saturated rings. The highest BCUT2D eigenvalue weighted by Gasteiger charge is 2.24. The zero-order valence-electron chi connectivity index (χ0n) is 11.4. The normalized spacial score (nSPS) is 17.6. The lowest BCUT2D eigenvalue weighted by molar-refractivity contribution is 0.559. The van der Waals surface area contributed by atoms with E-state index in [1.54, 1.807) is 12.1 Å². The first kappa shape index (κ1) is 12.9. The molecule has 1 heterocycles. The molecule has 3 rings (SSSR count). The molecule has 0 bridgehead atoms. The topological polar surface area (TPSA) is 54.7 Å². The van der Waals surface area contributed by atoms with Crippen molar-refractivity contribution in [1.82, 2.24) is 4.57 Å². The molecule has 102 valence electrons. The number of hydrogen-bond acceptors (Lipinski definition) is 2. The van der Waals surface area contributed by atoms with Crippen LogP contribution in [0.15, 0.2) is 24.3 Å². The average molecular weight is 269 g/mol. The molecule has 2 aromatic rings. The van der Waals surface area contributed by atoms with Crippen molar-refractivity contribution < 1.29 is 4.39 Å². The Hall–Kier alpha value is -2.12. The number of rotatable bonds is 1. The lowest BCUT2D eigenvalue weighted by Gasteiger charge is -2.21.